The van der Waals surface area contributed by atoms with Crippen LogP contribution in [0.1, 0.15) is 31.5 Å². The van der Waals surface area contributed by atoms with Crippen molar-refractivity contribution in [3.05, 3.63) is 41.1 Å². The van der Waals surface area contributed by atoms with Crippen LogP contribution in [-0.4, -0.2) is 45.7 Å². The molecule has 0 bridgehead atoms. The third kappa shape index (κ3) is 4.75. The van der Waals surface area contributed by atoms with Gasteiger partial charge in [0.05, 0.1) is 34.9 Å². The number of carbonyl (C=O) groups is 1. The first-order chi connectivity index (χ1) is 15.4. The molecular weight excluding hydrogens is 437 g/mol. The Morgan fingerprint density at radius 2 is 2.19 bits per heavy atom. The number of ether oxygens (including phenoxy) is 1. The summed E-state index contributed by atoms with van der Waals surface area (Å²) in [5.41, 5.74) is 8.05. The van der Waals surface area contributed by atoms with Crippen molar-refractivity contribution < 1.29 is 13.9 Å². The average molecular weight is 460 g/mol. The Morgan fingerprint density at radius 3 is 2.91 bits per heavy atom. The second kappa shape index (κ2) is 8.99. The van der Waals surface area contributed by atoms with Gasteiger partial charge in [0.25, 0.3) is 0 Å². The molecule has 32 heavy (non-hydrogen) atoms. The van der Waals surface area contributed by atoms with E-state index >= 15 is 0 Å². The lowest BCUT2D eigenvalue weighted by Crippen LogP contribution is -2.37. The third-order valence-electron chi connectivity index (χ3n) is 5.03. The van der Waals surface area contributed by atoms with Crippen molar-refractivity contribution in [2.75, 3.05) is 24.7 Å². The van der Waals surface area contributed by atoms with Crippen LogP contribution in [0, 0.1) is 5.82 Å². The molecule has 168 valence electrons. The first-order valence-electron chi connectivity index (χ1n) is 10.1. The summed E-state index contributed by atoms with van der Waals surface area (Å²) in [6.07, 6.45) is 3.15. The van der Waals surface area contributed by atoms with Gasteiger partial charge in [-0.05, 0) is 38.0 Å². The molecule has 1 saturated carbocycles. The standard InChI is InChI=1S/C21H23ClFN7O2/c1-10(27-21(31)32-2)9-26-20-25-6-5-15(28-20)18-17(29-19(30-18)11-3-4-11)13-7-12(23)8-14(24)16(13)22/h5-8,10-11H,3-4,9,24H2,1-2H3,(H,27,31)(H,29,30)(H,25,26,28). The summed E-state index contributed by atoms with van der Waals surface area (Å²) in [4.78, 5) is 28.2. The van der Waals surface area contributed by atoms with Crippen LogP contribution >= 0.6 is 11.6 Å². The highest BCUT2D eigenvalue weighted by Crippen LogP contribution is 2.43. The molecule has 0 spiro atoms. The van der Waals surface area contributed by atoms with E-state index in [4.69, 9.17) is 22.3 Å². The predicted molar refractivity (Wildman–Crippen MR) is 120 cm³/mol. The van der Waals surface area contributed by atoms with Gasteiger partial charge in [0.2, 0.25) is 5.95 Å². The molecule has 4 rings (SSSR count). The zero-order chi connectivity index (χ0) is 22.8. The topological polar surface area (TPSA) is 131 Å². The maximum Gasteiger partial charge on any atom is 0.407 e. The molecule has 1 amide bonds. The quantitative estimate of drug-likeness (QED) is 0.393. The van der Waals surface area contributed by atoms with Gasteiger partial charge in [-0.25, -0.2) is 24.1 Å². The summed E-state index contributed by atoms with van der Waals surface area (Å²) in [6.45, 7) is 2.20. The lowest BCUT2D eigenvalue weighted by Gasteiger charge is -2.14. The summed E-state index contributed by atoms with van der Waals surface area (Å²) < 4.78 is 18.7. The van der Waals surface area contributed by atoms with E-state index in [0.29, 0.717) is 41.1 Å². The van der Waals surface area contributed by atoms with E-state index in [1.807, 2.05) is 6.92 Å². The maximum atomic E-state index is 14.1. The van der Waals surface area contributed by atoms with Crippen molar-refractivity contribution in [1.82, 2.24) is 25.3 Å². The number of imidazole rings is 1. The number of amides is 1. The zero-order valence-electron chi connectivity index (χ0n) is 17.6. The van der Waals surface area contributed by atoms with Crippen LogP contribution in [0.4, 0.5) is 20.8 Å². The number of hydrogen-bond donors (Lipinski definition) is 4. The molecular formula is C21H23ClFN7O2. The molecule has 1 unspecified atom stereocenters. The number of carbonyl (C=O) groups excluding carboxylic acids is 1. The van der Waals surface area contributed by atoms with E-state index in [2.05, 4.69) is 30.3 Å². The fourth-order valence-electron chi connectivity index (χ4n) is 3.24. The number of nitrogens with two attached hydrogens (primary N) is 1. The summed E-state index contributed by atoms with van der Waals surface area (Å²) >= 11 is 6.40. The van der Waals surface area contributed by atoms with Gasteiger partial charge >= 0.3 is 6.09 Å². The maximum absolute atomic E-state index is 14.1. The van der Waals surface area contributed by atoms with E-state index < -0.39 is 11.9 Å². The normalized spacial score (nSPS) is 14.1. The second-order valence-corrected chi connectivity index (χ2v) is 8.04. The van der Waals surface area contributed by atoms with Crippen LogP contribution in [0.15, 0.2) is 24.4 Å². The number of nitrogen functional groups attached to an aromatic ring is 1. The molecule has 9 nitrogen and oxygen atoms in total. The lowest BCUT2D eigenvalue weighted by atomic mass is 10.1. The smallest absolute Gasteiger partial charge is 0.407 e. The average Bonchev–Trinajstić information content (AvgIpc) is 3.53. The summed E-state index contributed by atoms with van der Waals surface area (Å²) in [7, 11) is 1.30. The minimum Gasteiger partial charge on any atom is -0.453 e. The molecule has 11 heteroatoms. The molecule has 0 radical (unpaired) electrons. The molecule has 3 aromatic rings. The number of nitrogens with one attached hydrogen (secondary N) is 3. The summed E-state index contributed by atoms with van der Waals surface area (Å²) in [6, 6.07) is 4.00. The lowest BCUT2D eigenvalue weighted by molar-refractivity contribution is 0.168. The number of rotatable bonds is 7. The first kappa shape index (κ1) is 21.8. The minimum absolute atomic E-state index is 0.140. The second-order valence-electron chi connectivity index (χ2n) is 7.66. The Kier molecular flexibility index (Phi) is 6.13. The Bertz CT molecular complexity index is 1150. The number of aromatic nitrogens is 4. The van der Waals surface area contributed by atoms with Crippen LogP contribution < -0.4 is 16.4 Å². The fourth-order valence-corrected chi connectivity index (χ4v) is 3.44. The molecule has 1 aliphatic rings. The van der Waals surface area contributed by atoms with Crippen molar-refractivity contribution in [2.45, 2.75) is 31.7 Å². The minimum atomic E-state index is -0.519. The number of anilines is 2. The number of benzene rings is 1. The van der Waals surface area contributed by atoms with Crippen LogP contribution in [-0.2, 0) is 4.74 Å². The molecule has 0 saturated heterocycles. The molecule has 1 aromatic carbocycles. The highest BCUT2D eigenvalue weighted by Gasteiger charge is 2.29. The van der Waals surface area contributed by atoms with Gasteiger partial charge < -0.3 is 26.1 Å². The Labute approximate surface area is 189 Å². The molecule has 2 heterocycles. The van der Waals surface area contributed by atoms with Gasteiger partial charge in [-0.2, -0.15) is 0 Å². The van der Waals surface area contributed by atoms with Crippen molar-refractivity contribution >= 4 is 29.3 Å². The van der Waals surface area contributed by atoms with E-state index in [9.17, 15) is 9.18 Å². The molecule has 5 N–H and O–H groups in total. The van der Waals surface area contributed by atoms with E-state index in [0.717, 1.165) is 18.7 Å². The predicted octanol–water partition coefficient (Wildman–Crippen LogP) is 3.94. The van der Waals surface area contributed by atoms with Crippen LogP contribution in [0.2, 0.25) is 5.02 Å². The fraction of sp³-hybridized carbons (Fsp3) is 0.333. The van der Waals surface area contributed by atoms with Crippen LogP contribution in [0.5, 0.6) is 0 Å². The largest absolute Gasteiger partial charge is 0.453 e. The number of methoxy groups -OCH3 is 1. The number of hydrogen-bond acceptors (Lipinski definition) is 7. The van der Waals surface area contributed by atoms with Gasteiger partial charge in [-0.15, -0.1) is 0 Å². The van der Waals surface area contributed by atoms with Crippen molar-refractivity contribution in [1.29, 1.82) is 0 Å². The van der Waals surface area contributed by atoms with E-state index in [-0.39, 0.29) is 16.8 Å². The van der Waals surface area contributed by atoms with Crippen LogP contribution in [0.25, 0.3) is 22.6 Å². The highest BCUT2D eigenvalue weighted by molar-refractivity contribution is 6.35. The van der Waals surface area contributed by atoms with Gasteiger partial charge in [-0.3, -0.25) is 0 Å². The summed E-state index contributed by atoms with van der Waals surface area (Å²) in [5, 5.41) is 5.97. The molecule has 2 aromatic heterocycles. The number of alkyl carbamates (subject to hydrolysis) is 1. The SMILES string of the molecule is COC(=O)NC(C)CNc1nccc(-c2[nH]c(C3CC3)nc2-c2cc(F)cc(N)c2Cl)n1. The third-order valence-corrected chi connectivity index (χ3v) is 5.46. The van der Waals surface area contributed by atoms with Gasteiger partial charge in [0, 0.05) is 30.3 Å². The number of nitrogens with zero attached hydrogens (tertiary/aromatic N) is 3. The number of aromatic amines is 1. The molecule has 1 aliphatic carbocycles. The van der Waals surface area contributed by atoms with E-state index in [1.165, 1.54) is 19.2 Å². The Morgan fingerprint density at radius 1 is 1.41 bits per heavy atom. The molecule has 1 atom stereocenters. The number of H-pyrrole nitrogens is 1. The summed E-state index contributed by atoms with van der Waals surface area (Å²) in [5.74, 6) is 0.995. The first-order valence-corrected chi connectivity index (χ1v) is 10.5. The van der Waals surface area contributed by atoms with Crippen molar-refractivity contribution in [3.63, 3.8) is 0 Å². The Hall–Kier alpha value is -3.40. The monoisotopic (exact) mass is 459 g/mol. The molecule has 1 fully saturated rings. The Balaban J connectivity index is 1.65. The van der Waals surface area contributed by atoms with Crippen molar-refractivity contribution in [3.8, 4) is 22.6 Å². The van der Waals surface area contributed by atoms with E-state index in [1.54, 1.807) is 12.3 Å². The number of halogens is 2. The highest BCUT2D eigenvalue weighted by atomic mass is 35.5. The van der Waals surface area contributed by atoms with Crippen LogP contribution in [0.3, 0.4) is 0 Å². The molecule has 0 aliphatic heterocycles. The van der Waals surface area contributed by atoms with Gasteiger partial charge in [0.15, 0.2) is 0 Å². The van der Waals surface area contributed by atoms with Gasteiger partial charge in [-0.1, -0.05) is 11.6 Å². The zero-order valence-corrected chi connectivity index (χ0v) is 18.3. The van der Waals surface area contributed by atoms with Gasteiger partial charge in [0.1, 0.15) is 11.6 Å². The van der Waals surface area contributed by atoms with Crippen molar-refractivity contribution in [2.24, 2.45) is 0 Å².